The molecule has 9 heteroatoms. The molecular weight excluding hydrogens is 388 g/mol. The van der Waals surface area contributed by atoms with Crippen molar-refractivity contribution >= 4 is 17.5 Å². The number of benzene rings is 1. The zero-order valence-electron chi connectivity index (χ0n) is 17.4. The number of fused-ring (bicyclic) bond motifs is 2. The summed E-state index contributed by atoms with van der Waals surface area (Å²) in [5.74, 6) is 1.16. The minimum atomic E-state index is -0.112. The third kappa shape index (κ3) is 4.03. The molecule has 2 aliphatic rings. The molecule has 1 saturated heterocycles. The molecule has 2 aliphatic heterocycles. The van der Waals surface area contributed by atoms with Crippen LogP contribution in [0, 0.1) is 13.8 Å². The number of amides is 2. The topological polar surface area (TPSA) is 97.1 Å². The maximum Gasteiger partial charge on any atom is 0.248 e. The molecular formula is C21H26N4O5. The first-order chi connectivity index (χ1) is 14.5. The SMILES string of the molecule is COCC(=O)N1CCN2CC(=O)Nc3cc(-c4c(C)noc4C)ccc3OC[C@H]2C1. The van der Waals surface area contributed by atoms with Crippen molar-refractivity contribution in [3.8, 4) is 16.9 Å². The summed E-state index contributed by atoms with van der Waals surface area (Å²) in [5.41, 5.74) is 3.23. The highest BCUT2D eigenvalue weighted by molar-refractivity contribution is 5.95. The molecule has 160 valence electrons. The third-order valence-corrected chi connectivity index (χ3v) is 5.58. The zero-order chi connectivity index (χ0) is 21.3. The van der Waals surface area contributed by atoms with E-state index < -0.39 is 0 Å². The fraction of sp³-hybridized carbons (Fsp3) is 0.476. The average molecular weight is 414 g/mol. The summed E-state index contributed by atoms with van der Waals surface area (Å²) in [6.07, 6.45) is 0. The minimum absolute atomic E-state index is 0.0500. The molecule has 0 saturated carbocycles. The summed E-state index contributed by atoms with van der Waals surface area (Å²) < 4.78 is 16.3. The second-order valence-corrected chi connectivity index (χ2v) is 7.67. The highest BCUT2D eigenvalue weighted by Gasteiger charge is 2.32. The van der Waals surface area contributed by atoms with Gasteiger partial charge in [-0.2, -0.15) is 0 Å². The summed E-state index contributed by atoms with van der Waals surface area (Å²) in [6.45, 7) is 6.10. The van der Waals surface area contributed by atoms with E-state index in [1.807, 2.05) is 32.0 Å². The average Bonchev–Trinajstić information content (AvgIpc) is 3.08. The van der Waals surface area contributed by atoms with Gasteiger partial charge < -0.3 is 24.2 Å². The van der Waals surface area contributed by atoms with Gasteiger partial charge in [0.1, 0.15) is 24.7 Å². The Morgan fingerprint density at radius 2 is 2.17 bits per heavy atom. The van der Waals surface area contributed by atoms with Crippen LogP contribution in [0.5, 0.6) is 5.75 Å². The van der Waals surface area contributed by atoms with Crippen LogP contribution in [0.15, 0.2) is 22.7 Å². The number of carbonyl (C=O) groups is 2. The Morgan fingerprint density at radius 3 is 2.90 bits per heavy atom. The first-order valence-corrected chi connectivity index (χ1v) is 9.97. The Hall–Kier alpha value is -2.91. The standard InChI is InChI=1S/C21H26N4O5/c1-13-21(14(2)30-23-13)15-4-5-18-17(8-15)22-19(26)10-24-6-7-25(20(27)12-28-3)9-16(24)11-29-18/h4-5,8,16H,6-7,9-12H2,1-3H3,(H,22,26)/t16-/m1/s1. The number of carbonyl (C=O) groups excluding carboxylic acids is 2. The van der Waals surface area contributed by atoms with Crippen molar-refractivity contribution in [3.05, 3.63) is 29.7 Å². The fourth-order valence-electron chi connectivity index (χ4n) is 4.06. The van der Waals surface area contributed by atoms with Crippen LogP contribution in [0.25, 0.3) is 11.1 Å². The molecule has 3 heterocycles. The van der Waals surface area contributed by atoms with E-state index in [4.69, 9.17) is 14.0 Å². The number of methoxy groups -OCH3 is 1. The molecule has 0 radical (unpaired) electrons. The zero-order valence-corrected chi connectivity index (χ0v) is 17.4. The molecule has 0 unspecified atom stereocenters. The van der Waals surface area contributed by atoms with Gasteiger partial charge in [0.15, 0.2) is 0 Å². The molecule has 1 fully saturated rings. The highest BCUT2D eigenvalue weighted by atomic mass is 16.5. The molecule has 1 aromatic heterocycles. The van der Waals surface area contributed by atoms with E-state index in [9.17, 15) is 9.59 Å². The first-order valence-electron chi connectivity index (χ1n) is 9.97. The van der Waals surface area contributed by atoms with Gasteiger partial charge in [-0.3, -0.25) is 14.5 Å². The van der Waals surface area contributed by atoms with Crippen LogP contribution in [0.3, 0.4) is 0 Å². The van der Waals surface area contributed by atoms with Crippen LogP contribution in [-0.2, 0) is 14.3 Å². The van der Waals surface area contributed by atoms with Gasteiger partial charge in [0.25, 0.3) is 0 Å². The number of ether oxygens (including phenoxy) is 2. The van der Waals surface area contributed by atoms with Gasteiger partial charge in [-0.05, 0) is 31.5 Å². The highest BCUT2D eigenvalue weighted by Crippen LogP contribution is 2.34. The van der Waals surface area contributed by atoms with Crippen molar-refractivity contribution < 1.29 is 23.6 Å². The van der Waals surface area contributed by atoms with Crippen LogP contribution in [-0.4, -0.2) is 79.3 Å². The monoisotopic (exact) mass is 414 g/mol. The fourth-order valence-corrected chi connectivity index (χ4v) is 4.06. The molecule has 0 bridgehead atoms. The molecule has 1 aromatic carbocycles. The van der Waals surface area contributed by atoms with Crippen molar-refractivity contribution in [2.24, 2.45) is 0 Å². The van der Waals surface area contributed by atoms with Crippen molar-refractivity contribution in [3.63, 3.8) is 0 Å². The quantitative estimate of drug-likeness (QED) is 0.812. The van der Waals surface area contributed by atoms with E-state index in [2.05, 4.69) is 15.4 Å². The van der Waals surface area contributed by atoms with E-state index in [1.165, 1.54) is 7.11 Å². The van der Waals surface area contributed by atoms with E-state index in [1.54, 1.807) is 4.90 Å². The lowest BCUT2D eigenvalue weighted by atomic mass is 10.0. The van der Waals surface area contributed by atoms with Crippen LogP contribution in [0.1, 0.15) is 11.5 Å². The smallest absolute Gasteiger partial charge is 0.248 e. The molecule has 1 atom stereocenters. The summed E-state index contributed by atoms with van der Waals surface area (Å²) in [6, 6.07) is 5.60. The number of nitrogens with zero attached hydrogens (tertiary/aromatic N) is 3. The number of nitrogens with one attached hydrogen (secondary N) is 1. The van der Waals surface area contributed by atoms with Crippen LogP contribution < -0.4 is 10.1 Å². The molecule has 0 spiro atoms. The lowest BCUT2D eigenvalue weighted by Crippen LogP contribution is -2.58. The molecule has 9 nitrogen and oxygen atoms in total. The first kappa shape index (κ1) is 20.4. The number of piperazine rings is 1. The van der Waals surface area contributed by atoms with Gasteiger partial charge in [0.05, 0.1) is 24.0 Å². The summed E-state index contributed by atoms with van der Waals surface area (Å²) in [5, 5.41) is 6.98. The number of hydrogen-bond donors (Lipinski definition) is 1. The molecule has 2 amide bonds. The van der Waals surface area contributed by atoms with Gasteiger partial charge in [0.2, 0.25) is 11.8 Å². The lowest BCUT2D eigenvalue weighted by molar-refractivity contribution is -0.138. The predicted molar refractivity (Wildman–Crippen MR) is 109 cm³/mol. The van der Waals surface area contributed by atoms with E-state index in [-0.39, 0.29) is 31.0 Å². The Balaban J connectivity index is 1.57. The van der Waals surface area contributed by atoms with Gasteiger partial charge >= 0.3 is 0 Å². The van der Waals surface area contributed by atoms with Crippen molar-refractivity contribution in [1.82, 2.24) is 15.0 Å². The normalized spacial score (nSPS) is 19.6. The third-order valence-electron chi connectivity index (χ3n) is 5.58. The van der Waals surface area contributed by atoms with Crippen molar-refractivity contribution in [2.75, 3.05) is 51.8 Å². The van der Waals surface area contributed by atoms with Crippen LogP contribution >= 0.6 is 0 Å². The van der Waals surface area contributed by atoms with E-state index >= 15 is 0 Å². The largest absolute Gasteiger partial charge is 0.490 e. The second kappa shape index (κ2) is 8.45. The molecule has 4 rings (SSSR count). The predicted octanol–water partition coefficient (Wildman–Crippen LogP) is 1.45. The number of aryl methyl sites for hydroxylation is 2. The van der Waals surface area contributed by atoms with Gasteiger partial charge in [-0.25, -0.2) is 0 Å². The van der Waals surface area contributed by atoms with E-state index in [0.717, 1.165) is 22.6 Å². The van der Waals surface area contributed by atoms with Gasteiger partial charge in [-0.1, -0.05) is 11.2 Å². The number of aromatic nitrogens is 1. The lowest BCUT2D eigenvalue weighted by Gasteiger charge is -2.40. The Labute approximate surface area is 174 Å². The van der Waals surface area contributed by atoms with E-state index in [0.29, 0.717) is 37.7 Å². The van der Waals surface area contributed by atoms with Crippen LogP contribution in [0.4, 0.5) is 5.69 Å². The Bertz CT molecular complexity index is 937. The molecule has 1 N–H and O–H groups in total. The van der Waals surface area contributed by atoms with Gasteiger partial charge in [0, 0.05) is 32.3 Å². The van der Waals surface area contributed by atoms with Gasteiger partial charge in [-0.15, -0.1) is 0 Å². The maximum absolute atomic E-state index is 12.7. The Kier molecular flexibility index (Phi) is 5.74. The summed E-state index contributed by atoms with van der Waals surface area (Å²) in [4.78, 5) is 28.8. The summed E-state index contributed by atoms with van der Waals surface area (Å²) >= 11 is 0. The van der Waals surface area contributed by atoms with Crippen molar-refractivity contribution in [2.45, 2.75) is 19.9 Å². The Morgan fingerprint density at radius 1 is 1.33 bits per heavy atom. The minimum Gasteiger partial charge on any atom is -0.490 e. The number of anilines is 1. The molecule has 0 aliphatic carbocycles. The molecule has 2 aromatic rings. The number of rotatable bonds is 3. The number of hydrogen-bond acceptors (Lipinski definition) is 7. The maximum atomic E-state index is 12.7. The molecule has 30 heavy (non-hydrogen) atoms. The van der Waals surface area contributed by atoms with Crippen LogP contribution in [0.2, 0.25) is 0 Å². The second-order valence-electron chi connectivity index (χ2n) is 7.67. The summed E-state index contributed by atoms with van der Waals surface area (Å²) in [7, 11) is 1.51. The van der Waals surface area contributed by atoms with Crippen molar-refractivity contribution in [1.29, 1.82) is 0 Å².